The van der Waals surface area contributed by atoms with Crippen molar-refractivity contribution in [2.45, 2.75) is 20.0 Å². The highest BCUT2D eigenvalue weighted by Gasteiger charge is 2.20. The van der Waals surface area contributed by atoms with Crippen LogP contribution in [0.15, 0.2) is 27.3 Å². The van der Waals surface area contributed by atoms with Crippen LogP contribution in [0.2, 0.25) is 0 Å². The molecule has 0 bridgehead atoms. The largest absolute Gasteiger partial charge is 0.448 e. The van der Waals surface area contributed by atoms with Gasteiger partial charge in [-0.15, -0.1) is 0 Å². The fraction of sp³-hybridized carbons (Fsp3) is 0.273. The maximum absolute atomic E-state index is 11.9. The first-order chi connectivity index (χ1) is 8.58. The molecule has 0 amide bonds. The molecule has 0 saturated heterocycles. The standard InChI is InChI=1S/C11H10BrN3O3/c1-6(10-14-7(2)15-18-10)17-11(16)9-8(12)4-3-5-13-9/h3-6H,1-2H3/t6-/m1/s1. The van der Waals surface area contributed by atoms with Crippen molar-refractivity contribution in [1.82, 2.24) is 15.1 Å². The van der Waals surface area contributed by atoms with Gasteiger partial charge in [0.15, 0.2) is 17.6 Å². The summed E-state index contributed by atoms with van der Waals surface area (Å²) in [5.41, 5.74) is 0.209. The summed E-state index contributed by atoms with van der Waals surface area (Å²) in [4.78, 5) is 19.8. The Balaban J connectivity index is 2.10. The minimum atomic E-state index is -0.618. The molecule has 2 aromatic rings. The minimum absolute atomic E-state index is 0.209. The van der Waals surface area contributed by atoms with Gasteiger partial charge in [0.25, 0.3) is 5.89 Å². The van der Waals surface area contributed by atoms with Crippen molar-refractivity contribution in [1.29, 1.82) is 0 Å². The van der Waals surface area contributed by atoms with Gasteiger partial charge in [-0.3, -0.25) is 0 Å². The second kappa shape index (κ2) is 5.26. The normalized spacial score (nSPS) is 12.2. The van der Waals surface area contributed by atoms with Crippen molar-refractivity contribution in [2.75, 3.05) is 0 Å². The molecule has 0 aromatic carbocycles. The lowest BCUT2D eigenvalue weighted by Crippen LogP contribution is -2.11. The average Bonchev–Trinajstić information content (AvgIpc) is 2.76. The van der Waals surface area contributed by atoms with Gasteiger partial charge >= 0.3 is 5.97 Å². The van der Waals surface area contributed by atoms with Crippen LogP contribution in [0.5, 0.6) is 0 Å². The Morgan fingerprint density at radius 3 is 2.94 bits per heavy atom. The predicted octanol–water partition coefficient (Wildman–Crippen LogP) is 2.45. The van der Waals surface area contributed by atoms with Crippen LogP contribution in [0.25, 0.3) is 0 Å². The van der Waals surface area contributed by atoms with Crippen molar-refractivity contribution in [2.24, 2.45) is 0 Å². The summed E-state index contributed by atoms with van der Waals surface area (Å²) in [5.74, 6) is 0.200. The van der Waals surface area contributed by atoms with Gasteiger partial charge in [-0.05, 0) is 41.9 Å². The van der Waals surface area contributed by atoms with E-state index in [4.69, 9.17) is 9.26 Å². The Morgan fingerprint density at radius 2 is 2.33 bits per heavy atom. The first-order valence-corrected chi connectivity index (χ1v) is 5.99. The van der Waals surface area contributed by atoms with Crippen molar-refractivity contribution in [3.8, 4) is 0 Å². The zero-order chi connectivity index (χ0) is 13.1. The van der Waals surface area contributed by atoms with Crippen molar-refractivity contribution in [3.63, 3.8) is 0 Å². The van der Waals surface area contributed by atoms with Crippen molar-refractivity contribution < 1.29 is 14.1 Å². The van der Waals surface area contributed by atoms with Gasteiger partial charge in [-0.2, -0.15) is 4.98 Å². The summed E-state index contributed by atoms with van der Waals surface area (Å²) in [6.07, 6.45) is 0.899. The van der Waals surface area contributed by atoms with Crippen LogP contribution in [0.4, 0.5) is 0 Å². The number of rotatable bonds is 3. The van der Waals surface area contributed by atoms with Gasteiger partial charge < -0.3 is 9.26 Å². The van der Waals surface area contributed by atoms with E-state index in [1.807, 2.05) is 0 Å². The molecule has 0 aliphatic rings. The Morgan fingerprint density at radius 1 is 1.56 bits per heavy atom. The minimum Gasteiger partial charge on any atom is -0.448 e. The Hall–Kier alpha value is -1.76. The predicted molar refractivity (Wildman–Crippen MR) is 64.8 cm³/mol. The van der Waals surface area contributed by atoms with Crippen LogP contribution in [0.3, 0.4) is 0 Å². The van der Waals surface area contributed by atoms with E-state index in [-0.39, 0.29) is 11.6 Å². The van der Waals surface area contributed by atoms with Gasteiger partial charge in [0, 0.05) is 6.20 Å². The SMILES string of the molecule is Cc1noc([C@@H](C)OC(=O)c2ncccc2Br)n1. The number of halogens is 1. The van der Waals surface area contributed by atoms with E-state index in [2.05, 4.69) is 31.1 Å². The quantitative estimate of drug-likeness (QED) is 0.810. The van der Waals surface area contributed by atoms with Crippen molar-refractivity contribution >= 4 is 21.9 Å². The van der Waals surface area contributed by atoms with Crippen LogP contribution in [0.1, 0.15) is 35.2 Å². The first kappa shape index (κ1) is 12.7. The van der Waals surface area contributed by atoms with Crippen molar-refractivity contribution in [3.05, 3.63) is 40.2 Å². The van der Waals surface area contributed by atoms with E-state index < -0.39 is 12.1 Å². The number of pyridine rings is 1. The zero-order valence-electron chi connectivity index (χ0n) is 9.75. The topological polar surface area (TPSA) is 78.1 Å². The molecule has 94 valence electrons. The highest BCUT2D eigenvalue weighted by atomic mass is 79.9. The third-order valence-corrected chi connectivity index (χ3v) is 2.77. The van der Waals surface area contributed by atoms with Gasteiger partial charge in [0.1, 0.15) is 0 Å². The fourth-order valence-electron chi connectivity index (χ4n) is 1.28. The molecule has 0 saturated carbocycles. The number of nitrogens with zero attached hydrogens (tertiary/aromatic N) is 3. The molecule has 2 rings (SSSR count). The van der Waals surface area contributed by atoms with Crippen LogP contribution in [-0.4, -0.2) is 21.1 Å². The summed E-state index contributed by atoms with van der Waals surface area (Å²) in [6.45, 7) is 3.35. The lowest BCUT2D eigenvalue weighted by atomic mass is 10.3. The molecule has 0 fully saturated rings. The molecule has 2 heterocycles. The second-order valence-electron chi connectivity index (χ2n) is 3.56. The van der Waals surface area contributed by atoms with E-state index in [0.717, 1.165) is 0 Å². The van der Waals surface area contributed by atoms with E-state index >= 15 is 0 Å². The van der Waals surface area contributed by atoms with Gasteiger partial charge in [0.2, 0.25) is 0 Å². The van der Waals surface area contributed by atoms with Gasteiger partial charge in [0.05, 0.1) is 4.47 Å². The highest BCUT2D eigenvalue weighted by molar-refractivity contribution is 9.10. The summed E-state index contributed by atoms with van der Waals surface area (Å²) in [5, 5.41) is 3.63. The molecule has 7 heteroatoms. The zero-order valence-corrected chi connectivity index (χ0v) is 11.3. The van der Waals surface area contributed by atoms with Crippen LogP contribution in [-0.2, 0) is 4.74 Å². The van der Waals surface area contributed by atoms with Crippen LogP contribution < -0.4 is 0 Å². The Kier molecular flexibility index (Phi) is 3.71. The lowest BCUT2D eigenvalue weighted by Gasteiger charge is -2.09. The molecular weight excluding hydrogens is 302 g/mol. The maximum atomic E-state index is 11.9. The smallest absolute Gasteiger partial charge is 0.358 e. The third-order valence-electron chi connectivity index (χ3n) is 2.13. The van der Waals surface area contributed by atoms with E-state index in [1.165, 1.54) is 6.20 Å². The van der Waals surface area contributed by atoms with Gasteiger partial charge in [-0.25, -0.2) is 9.78 Å². The number of hydrogen-bond acceptors (Lipinski definition) is 6. The number of esters is 1. The van der Waals surface area contributed by atoms with E-state index in [0.29, 0.717) is 10.3 Å². The van der Waals surface area contributed by atoms with E-state index in [9.17, 15) is 4.79 Å². The molecule has 6 nitrogen and oxygen atoms in total. The fourth-order valence-corrected chi connectivity index (χ4v) is 1.70. The molecule has 0 aliphatic carbocycles. The van der Waals surface area contributed by atoms with Crippen LogP contribution in [0, 0.1) is 6.92 Å². The number of carbonyl (C=O) groups is 1. The molecule has 1 atom stereocenters. The Labute approximate surface area is 111 Å². The highest BCUT2D eigenvalue weighted by Crippen LogP contribution is 2.19. The number of aromatic nitrogens is 3. The maximum Gasteiger partial charge on any atom is 0.358 e. The second-order valence-corrected chi connectivity index (χ2v) is 4.42. The molecule has 0 N–H and O–H groups in total. The number of hydrogen-bond donors (Lipinski definition) is 0. The monoisotopic (exact) mass is 311 g/mol. The molecular formula is C11H10BrN3O3. The molecule has 0 radical (unpaired) electrons. The average molecular weight is 312 g/mol. The number of ether oxygens (including phenoxy) is 1. The van der Waals surface area contributed by atoms with Crippen LogP contribution >= 0.6 is 15.9 Å². The molecule has 0 spiro atoms. The summed E-state index contributed by atoms with van der Waals surface area (Å²) in [7, 11) is 0. The summed E-state index contributed by atoms with van der Waals surface area (Å²) < 4.78 is 10.7. The summed E-state index contributed by atoms with van der Waals surface area (Å²) in [6, 6.07) is 3.43. The Bertz CT molecular complexity index is 570. The number of aryl methyl sites for hydroxylation is 1. The molecule has 0 unspecified atom stereocenters. The summed E-state index contributed by atoms with van der Waals surface area (Å²) >= 11 is 3.23. The van der Waals surface area contributed by atoms with Gasteiger partial charge in [-0.1, -0.05) is 5.16 Å². The molecule has 18 heavy (non-hydrogen) atoms. The lowest BCUT2D eigenvalue weighted by molar-refractivity contribution is 0.0257. The third kappa shape index (κ3) is 2.73. The van der Waals surface area contributed by atoms with E-state index in [1.54, 1.807) is 26.0 Å². The number of carbonyl (C=O) groups excluding carboxylic acids is 1. The molecule has 2 aromatic heterocycles. The first-order valence-electron chi connectivity index (χ1n) is 5.19. The molecule has 0 aliphatic heterocycles.